The number of fused-ring (bicyclic) bond motifs is 1. The lowest BCUT2D eigenvalue weighted by Gasteiger charge is -2.09. The van der Waals surface area contributed by atoms with Crippen LogP contribution in [0.3, 0.4) is 0 Å². The van der Waals surface area contributed by atoms with Crippen molar-refractivity contribution in [3.8, 4) is 11.4 Å². The first-order valence-corrected chi connectivity index (χ1v) is 11.9. The van der Waals surface area contributed by atoms with E-state index in [1.165, 1.54) is 11.8 Å². The molecule has 1 aromatic carbocycles. The minimum Gasteiger partial charge on any atom is -0.383 e. The number of carbonyl (C=O) groups is 1. The van der Waals surface area contributed by atoms with Gasteiger partial charge in [-0.2, -0.15) is 0 Å². The first kappa shape index (κ1) is 21.0. The summed E-state index contributed by atoms with van der Waals surface area (Å²) in [5.74, 6) is 1.33. The Kier molecular flexibility index (Phi) is 5.65. The molecule has 166 valence electrons. The number of Topliss-reactive ketones (excluding diaryl/α,β-unsaturated/α-hetero) is 1. The number of methoxy groups -OCH3 is 1. The van der Waals surface area contributed by atoms with Crippen LogP contribution in [0.1, 0.15) is 40.6 Å². The monoisotopic (exact) mass is 449 g/mol. The number of ketones is 1. The van der Waals surface area contributed by atoms with Crippen LogP contribution in [-0.2, 0) is 11.3 Å². The van der Waals surface area contributed by atoms with Crippen molar-refractivity contribution in [2.75, 3.05) is 19.5 Å². The van der Waals surface area contributed by atoms with Crippen molar-refractivity contribution < 1.29 is 9.53 Å². The van der Waals surface area contributed by atoms with Crippen LogP contribution in [0.5, 0.6) is 0 Å². The number of thioether (sulfide) groups is 1. The molecule has 0 spiro atoms. The standard InChI is InChI=1S/C24H27N5O2S/c1-15-12-19(16(2)28(15)10-11-31-3)22(30)14-32-24-27-26-23(29(24)17-8-9-17)20-13-25-21-7-5-4-6-18(20)21/h4-7,12-13,17,25H,8-11,14H2,1-3H3. The maximum Gasteiger partial charge on any atom is 0.192 e. The molecule has 0 atom stereocenters. The fourth-order valence-electron chi connectivity index (χ4n) is 4.30. The fourth-order valence-corrected chi connectivity index (χ4v) is 5.18. The Balaban J connectivity index is 1.39. The molecule has 3 heterocycles. The number of hydrogen-bond donors (Lipinski definition) is 1. The van der Waals surface area contributed by atoms with Crippen molar-refractivity contribution in [2.24, 2.45) is 0 Å². The molecule has 1 N–H and O–H groups in total. The van der Waals surface area contributed by atoms with Gasteiger partial charge in [0.1, 0.15) is 0 Å². The zero-order valence-corrected chi connectivity index (χ0v) is 19.4. The molecule has 1 saturated carbocycles. The fraction of sp³-hybridized carbons (Fsp3) is 0.375. The summed E-state index contributed by atoms with van der Waals surface area (Å²) in [5, 5.41) is 11.0. The molecule has 5 rings (SSSR count). The smallest absolute Gasteiger partial charge is 0.192 e. The second kappa shape index (κ2) is 8.60. The Hall–Kier alpha value is -2.84. The van der Waals surface area contributed by atoms with E-state index in [1.54, 1.807) is 7.11 Å². The number of para-hydroxylation sites is 1. The Morgan fingerprint density at radius 1 is 1.25 bits per heavy atom. The summed E-state index contributed by atoms with van der Waals surface area (Å²) in [6.45, 7) is 5.41. The zero-order valence-electron chi connectivity index (χ0n) is 18.6. The van der Waals surface area contributed by atoms with Gasteiger partial charge in [-0.1, -0.05) is 30.0 Å². The molecule has 0 amide bonds. The topological polar surface area (TPSA) is 77.7 Å². The molecule has 0 radical (unpaired) electrons. The summed E-state index contributed by atoms with van der Waals surface area (Å²) >= 11 is 1.48. The Morgan fingerprint density at radius 3 is 2.84 bits per heavy atom. The van der Waals surface area contributed by atoms with E-state index in [-0.39, 0.29) is 5.78 Å². The van der Waals surface area contributed by atoms with Gasteiger partial charge in [-0.3, -0.25) is 9.36 Å². The molecular formula is C24H27N5O2S. The van der Waals surface area contributed by atoms with Crippen LogP contribution in [-0.4, -0.2) is 49.6 Å². The highest BCUT2D eigenvalue weighted by atomic mass is 32.2. The summed E-state index contributed by atoms with van der Waals surface area (Å²) in [5.41, 5.74) is 4.99. The summed E-state index contributed by atoms with van der Waals surface area (Å²) in [7, 11) is 1.69. The van der Waals surface area contributed by atoms with Crippen molar-refractivity contribution in [3.05, 3.63) is 53.5 Å². The molecule has 32 heavy (non-hydrogen) atoms. The first-order chi connectivity index (χ1) is 15.6. The Labute approximate surface area is 191 Å². The highest BCUT2D eigenvalue weighted by Gasteiger charge is 2.31. The highest BCUT2D eigenvalue weighted by Crippen LogP contribution is 2.42. The second-order valence-corrected chi connectivity index (χ2v) is 9.24. The Morgan fingerprint density at radius 2 is 2.06 bits per heavy atom. The van der Waals surface area contributed by atoms with Crippen LogP contribution in [0.2, 0.25) is 0 Å². The van der Waals surface area contributed by atoms with Crippen LogP contribution >= 0.6 is 11.8 Å². The molecule has 0 unspecified atom stereocenters. The molecular weight excluding hydrogens is 422 g/mol. The predicted molar refractivity (Wildman–Crippen MR) is 126 cm³/mol. The average Bonchev–Trinajstić information content (AvgIpc) is 3.30. The number of hydrogen-bond acceptors (Lipinski definition) is 5. The minimum atomic E-state index is 0.116. The van der Waals surface area contributed by atoms with E-state index in [2.05, 4.69) is 36.4 Å². The minimum absolute atomic E-state index is 0.116. The third-order valence-electron chi connectivity index (χ3n) is 6.13. The van der Waals surface area contributed by atoms with Crippen LogP contribution in [0, 0.1) is 13.8 Å². The first-order valence-electron chi connectivity index (χ1n) is 10.9. The van der Waals surface area contributed by atoms with Gasteiger partial charge in [-0.15, -0.1) is 10.2 Å². The van der Waals surface area contributed by atoms with Gasteiger partial charge in [0.15, 0.2) is 16.8 Å². The quantitative estimate of drug-likeness (QED) is 0.293. The van der Waals surface area contributed by atoms with E-state index in [4.69, 9.17) is 4.74 Å². The lowest BCUT2D eigenvalue weighted by molar-refractivity contribution is 0.102. The van der Waals surface area contributed by atoms with Gasteiger partial charge in [0.2, 0.25) is 0 Å². The number of benzene rings is 1. The lowest BCUT2D eigenvalue weighted by atomic mass is 10.1. The number of nitrogens with zero attached hydrogens (tertiary/aromatic N) is 4. The summed E-state index contributed by atoms with van der Waals surface area (Å²) in [6.07, 6.45) is 4.24. The van der Waals surface area contributed by atoms with Crippen LogP contribution in [0.25, 0.3) is 22.3 Å². The van der Waals surface area contributed by atoms with Gasteiger partial charge in [-0.25, -0.2) is 0 Å². The maximum atomic E-state index is 13.1. The summed E-state index contributed by atoms with van der Waals surface area (Å²) in [4.78, 5) is 16.4. The van der Waals surface area contributed by atoms with Crippen molar-refractivity contribution >= 4 is 28.4 Å². The molecule has 0 aliphatic heterocycles. The predicted octanol–water partition coefficient (Wildman–Crippen LogP) is 4.80. The number of rotatable bonds is 9. The molecule has 0 saturated heterocycles. The molecule has 1 aliphatic rings. The van der Waals surface area contributed by atoms with E-state index < -0.39 is 0 Å². The molecule has 0 bridgehead atoms. The van der Waals surface area contributed by atoms with E-state index in [1.807, 2.05) is 38.2 Å². The van der Waals surface area contributed by atoms with E-state index in [0.717, 1.165) is 63.8 Å². The number of aryl methyl sites for hydroxylation is 1. The second-order valence-electron chi connectivity index (χ2n) is 8.30. The van der Waals surface area contributed by atoms with Gasteiger partial charge in [0, 0.05) is 59.3 Å². The normalized spacial score (nSPS) is 13.8. The van der Waals surface area contributed by atoms with Gasteiger partial charge in [0.25, 0.3) is 0 Å². The van der Waals surface area contributed by atoms with Gasteiger partial charge in [0.05, 0.1) is 12.4 Å². The van der Waals surface area contributed by atoms with E-state index >= 15 is 0 Å². The van der Waals surface area contributed by atoms with Gasteiger partial charge >= 0.3 is 0 Å². The number of aromatic nitrogens is 5. The number of H-pyrrole nitrogens is 1. The molecule has 4 aromatic rings. The number of ether oxygens (including phenoxy) is 1. The average molecular weight is 450 g/mol. The molecule has 1 aliphatic carbocycles. The highest BCUT2D eigenvalue weighted by molar-refractivity contribution is 7.99. The van der Waals surface area contributed by atoms with Crippen LogP contribution < -0.4 is 0 Å². The third kappa shape index (κ3) is 3.78. The summed E-state index contributed by atoms with van der Waals surface area (Å²) in [6, 6.07) is 10.6. The van der Waals surface area contributed by atoms with Crippen molar-refractivity contribution in [1.29, 1.82) is 0 Å². The lowest BCUT2D eigenvalue weighted by Crippen LogP contribution is -2.10. The van der Waals surface area contributed by atoms with Crippen LogP contribution in [0.4, 0.5) is 0 Å². The van der Waals surface area contributed by atoms with E-state index in [9.17, 15) is 4.79 Å². The zero-order chi connectivity index (χ0) is 22.2. The number of aromatic amines is 1. The molecule has 7 nitrogen and oxygen atoms in total. The largest absolute Gasteiger partial charge is 0.383 e. The summed E-state index contributed by atoms with van der Waals surface area (Å²) < 4.78 is 9.56. The van der Waals surface area contributed by atoms with Crippen molar-refractivity contribution in [1.82, 2.24) is 24.3 Å². The van der Waals surface area contributed by atoms with E-state index in [0.29, 0.717) is 18.4 Å². The Bertz CT molecular complexity index is 1280. The van der Waals surface area contributed by atoms with Gasteiger partial charge in [-0.05, 0) is 38.8 Å². The molecule has 3 aromatic heterocycles. The molecule has 8 heteroatoms. The SMILES string of the molecule is COCCn1c(C)cc(C(=O)CSc2nnc(-c3c[nH]c4ccccc34)n2C2CC2)c1C. The number of nitrogens with one attached hydrogen (secondary N) is 1. The van der Waals surface area contributed by atoms with Gasteiger partial charge < -0.3 is 14.3 Å². The molecule has 1 fully saturated rings. The maximum absolute atomic E-state index is 13.1. The van der Waals surface area contributed by atoms with Crippen molar-refractivity contribution in [3.63, 3.8) is 0 Å². The van der Waals surface area contributed by atoms with Crippen molar-refractivity contribution in [2.45, 2.75) is 44.4 Å². The third-order valence-corrected chi connectivity index (χ3v) is 7.08. The number of carbonyl (C=O) groups excluding carboxylic acids is 1. The van der Waals surface area contributed by atoms with Crippen LogP contribution in [0.15, 0.2) is 41.7 Å².